The number of esters is 1. The summed E-state index contributed by atoms with van der Waals surface area (Å²) in [6, 6.07) is 3.10. The van der Waals surface area contributed by atoms with E-state index in [4.69, 9.17) is 9.47 Å². The molecule has 0 spiro atoms. The fourth-order valence-electron chi connectivity index (χ4n) is 4.04. The SMILES string of the molecule is CC(=O)OCC1=C(C(=O)O)N2C(=O)C(NC(=O)C(c3ccc4c(c3)CCO4)S(=O)(=O)O)C2SC1. The molecule has 3 atom stereocenters. The van der Waals surface area contributed by atoms with E-state index < -0.39 is 50.5 Å². The Morgan fingerprint density at radius 1 is 1.35 bits per heavy atom. The van der Waals surface area contributed by atoms with Gasteiger partial charge in [-0.05, 0) is 17.2 Å². The van der Waals surface area contributed by atoms with Crippen molar-refractivity contribution in [3.8, 4) is 5.75 Å². The summed E-state index contributed by atoms with van der Waals surface area (Å²) in [5, 5.41) is 9.14. The van der Waals surface area contributed by atoms with Gasteiger partial charge in [-0.1, -0.05) is 12.1 Å². The van der Waals surface area contributed by atoms with E-state index in [9.17, 15) is 37.3 Å². The molecule has 3 aliphatic rings. The number of hydrogen-bond donors (Lipinski definition) is 3. The Morgan fingerprint density at radius 3 is 2.74 bits per heavy atom. The summed E-state index contributed by atoms with van der Waals surface area (Å²) in [4.78, 5) is 49.5. The van der Waals surface area contributed by atoms with Gasteiger partial charge in [-0.25, -0.2) is 4.79 Å². The average Bonchev–Trinajstić information content (AvgIpc) is 3.22. The van der Waals surface area contributed by atoms with E-state index in [1.54, 1.807) is 0 Å². The summed E-state index contributed by atoms with van der Waals surface area (Å²) in [7, 11) is -4.90. The second-order valence-electron chi connectivity index (χ2n) is 7.79. The third-order valence-corrected chi connectivity index (χ3v) is 7.97. The molecular formula is C20H20N2O10S2. The van der Waals surface area contributed by atoms with E-state index in [1.807, 2.05) is 0 Å². The number of nitrogens with zero attached hydrogens (tertiary/aromatic N) is 1. The molecule has 3 unspecified atom stereocenters. The van der Waals surface area contributed by atoms with Gasteiger partial charge < -0.3 is 19.9 Å². The lowest BCUT2D eigenvalue weighted by Crippen LogP contribution is -2.71. The molecule has 0 saturated carbocycles. The van der Waals surface area contributed by atoms with Crippen LogP contribution in [0.3, 0.4) is 0 Å². The zero-order chi connectivity index (χ0) is 24.8. The van der Waals surface area contributed by atoms with Crippen LogP contribution in [0.2, 0.25) is 0 Å². The van der Waals surface area contributed by atoms with Crippen molar-refractivity contribution in [3.63, 3.8) is 0 Å². The molecule has 4 rings (SSSR count). The maximum Gasteiger partial charge on any atom is 0.352 e. The Bertz CT molecular complexity index is 1230. The summed E-state index contributed by atoms with van der Waals surface area (Å²) < 4.78 is 44.1. The number of hydrogen-bond acceptors (Lipinski definition) is 9. The maximum atomic E-state index is 12.9. The highest BCUT2D eigenvalue weighted by Gasteiger charge is 2.55. The lowest BCUT2D eigenvalue weighted by atomic mass is 10.0. The summed E-state index contributed by atoms with van der Waals surface area (Å²) >= 11 is 1.13. The summed E-state index contributed by atoms with van der Waals surface area (Å²) in [6.45, 7) is 1.27. The maximum absolute atomic E-state index is 12.9. The molecule has 0 radical (unpaired) electrons. The number of carboxylic acid groups (broad SMARTS) is 1. The van der Waals surface area contributed by atoms with Crippen LogP contribution in [0.1, 0.15) is 23.3 Å². The number of aliphatic carboxylic acids is 1. The van der Waals surface area contributed by atoms with Crippen LogP contribution in [-0.2, 0) is 40.5 Å². The Balaban J connectivity index is 1.55. The van der Waals surface area contributed by atoms with E-state index in [2.05, 4.69) is 5.32 Å². The molecule has 34 heavy (non-hydrogen) atoms. The molecule has 12 nitrogen and oxygen atoms in total. The van der Waals surface area contributed by atoms with Gasteiger partial charge in [0.2, 0.25) is 5.91 Å². The van der Waals surface area contributed by atoms with Crippen LogP contribution in [0.25, 0.3) is 0 Å². The van der Waals surface area contributed by atoms with E-state index in [0.29, 0.717) is 24.3 Å². The highest BCUT2D eigenvalue weighted by Crippen LogP contribution is 2.41. The molecule has 1 fully saturated rings. The van der Waals surface area contributed by atoms with Gasteiger partial charge in [0.1, 0.15) is 29.5 Å². The third kappa shape index (κ3) is 4.35. The molecule has 3 heterocycles. The molecule has 2 amide bonds. The number of fused-ring (bicyclic) bond motifs is 2. The number of carboxylic acids is 1. The lowest BCUT2D eigenvalue weighted by molar-refractivity contribution is -0.151. The molecule has 14 heteroatoms. The number of carbonyl (C=O) groups is 4. The molecule has 3 aliphatic heterocycles. The number of ether oxygens (including phenoxy) is 2. The number of rotatable bonds is 7. The summed E-state index contributed by atoms with van der Waals surface area (Å²) in [6.07, 6.45) is 0.512. The minimum absolute atomic E-state index is 0.0129. The normalized spacial score (nSPS) is 22.2. The van der Waals surface area contributed by atoms with Crippen molar-refractivity contribution >= 4 is 45.6 Å². The van der Waals surface area contributed by atoms with Crippen LogP contribution >= 0.6 is 11.8 Å². The fourth-order valence-corrected chi connectivity index (χ4v) is 6.20. The Kier molecular flexibility index (Phi) is 6.31. The minimum Gasteiger partial charge on any atom is -0.493 e. The van der Waals surface area contributed by atoms with Crippen LogP contribution in [0.5, 0.6) is 5.75 Å². The van der Waals surface area contributed by atoms with Gasteiger partial charge in [-0.15, -0.1) is 11.8 Å². The molecule has 0 bridgehead atoms. The van der Waals surface area contributed by atoms with Crippen molar-refractivity contribution in [2.45, 2.75) is 30.0 Å². The first-order valence-electron chi connectivity index (χ1n) is 10.0. The van der Waals surface area contributed by atoms with Crippen molar-refractivity contribution in [1.29, 1.82) is 0 Å². The minimum atomic E-state index is -4.90. The highest BCUT2D eigenvalue weighted by atomic mass is 32.2. The second-order valence-corrected chi connectivity index (χ2v) is 10.4. The molecule has 3 N–H and O–H groups in total. The molecule has 1 saturated heterocycles. The monoisotopic (exact) mass is 512 g/mol. The van der Waals surface area contributed by atoms with Crippen molar-refractivity contribution in [1.82, 2.24) is 10.2 Å². The topological polar surface area (TPSA) is 177 Å². The molecular weight excluding hydrogens is 492 g/mol. The zero-order valence-electron chi connectivity index (χ0n) is 17.7. The van der Waals surface area contributed by atoms with Crippen LogP contribution < -0.4 is 10.1 Å². The van der Waals surface area contributed by atoms with Crippen molar-refractivity contribution < 1.29 is 46.7 Å². The number of amides is 2. The lowest BCUT2D eigenvalue weighted by Gasteiger charge is -2.49. The standard InChI is InChI=1S/C20H20N2O10S2/c1-9(23)32-7-12-8-33-19-14(18(25)22(19)15(12)20(26)27)21-17(24)16(34(28,29)30)11-2-3-13-10(6-11)4-5-31-13/h2-3,6,14,16,19H,4-5,7-8H2,1H3,(H,21,24)(H,26,27)(H,28,29,30). The Labute approximate surface area is 198 Å². The second kappa shape index (κ2) is 8.92. The zero-order valence-corrected chi connectivity index (χ0v) is 19.3. The van der Waals surface area contributed by atoms with Gasteiger partial charge in [0.15, 0.2) is 5.25 Å². The van der Waals surface area contributed by atoms with Gasteiger partial charge in [0, 0.05) is 24.7 Å². The van der Waals surface area contributed by atoms with Gasteiger partial charge in [-0.2, -0.15) is 8.42 Å². The van der Waals surface area contributed by atoms with Gasteiger partial charge in [0.25, 0.3) is 16.0 Å². The molecule has 1 aromatic rings. The van der Waals surface area contributed by atoms with Gasteiger partial charge in [0.05, 0.1) is 6.61 Å². The number of thioether (sulfide) groups is 1. The molecule has 1 aromatic carbocycles. The number of nitrogens with one attached hydrogen (secondary N) is 1. The smallest absolute Gasteiger partial charge is 0.352 e. The summed E-state index contributed by atoms with van der Waals surface area (Å²) in [5.74, 6) is -3.23. The van der Waals surface area contributed by atoms with Gasteiger partial charge in [-0.3, -0.25) is 23.8 Å². The Morgan fingerprint density at radius 2 is 2.09 bits per heavy atom. The first-order valence-corrected chi connectivity index (χ1v) is 12.6. The number of β-lactam (4-membered cyclic amide) rings is 1. The van der Waals surface area contributed by atoms with Gasteiger partial charge >= 0.3 is 11.9 Å². The fraction of sp³-hybridized carbons (Fsp3) is 0.400. The van der Waals surface area contributed by atoms with Crippen LogP contribution in [-0.4, -0.2) is 77.1 Å². The van der Waals surface area contributed by atoms with E-state index in [0.717, 1.165) is 16.7 Å². The van der Waals surface area contributed by atoms with Crippen LogP contribution in [0, 0.1) is 0 Å². The molecule has 0 aromatic heterocycles. The van der Waals surface area contributed by atoms with Crippen molar-refractivity contribution in [2.75, 3.05) is 19.0 Å². The predicted molar refractivity (Wildman–Crippen MR) is 116 cm³/mol. The van der Waals surface area contributed by atoms with E-state index >= 15 is 0 Å². The first kappa shape index (κ1) is 24.0. The van der Waals surface area contributed by atoms with E-state index in [1.165, 1.54) is 25.1 Å². The third-order valence-electron chi connectivity index (χ3n) is 5.55. The van der Waals surface area contributed by atoms with Crippen molar-refractivity contribution in [3.05, 3.63) is 40.6 Å². The van der Waals surface area contributed by atoms with E-state index in [-0.39, 0.29) is 29.2 Å². The molecule has 0 aliphatic carbocycles. The number of carbonyl (C=O) groups excluding carboxylic acids is 3. The quantitative estimate of drug-likeness (QED) is 0.252. The highest BCUT2D eigenvalue weighted by molar-refractivity contribution is 8.00. The summed E-state index contributed by atoms with van der Waals surface area (Å²) in [5.41, 5.74) is 0.576. The number of benzene rings is 1. The first-order chi connectivity index (χ1) is 16.0. The van der Waals surface area contributed by atoms with Crippen LogP contribution in [0.4, 0.5) is 0 Å². The van der Waals surface area contributed by atoms with Crippen molar-refractivity contribution in [2.24, 2.45) is 0 Å². The molecule has 182 valence electrons. The largest absolute Gasteiger partial charge is 0.493 e. The predicted octanol–water partition coefficient (Wildman–Crippen LogP) is -0.148. The van der Waals surface area contributed by atoms with Crippen LogP contribution in [0.15, 0.2) is 29.5 Å². The average molecular weight is 513 g/mol. The Hall–Kier alpha value is -3.10.